The Morgan fingerprint density at radius 2 is 2.00 bits per heavy atom. The van der Waals surface area contributed by atoms with E-state index in [1.807, 2.05) is 0 Å². The van der Waals surface area contributed by atoms with Crippen molar-refractivity contribution in [1.82, 2.24) is 0 Å². The molecule has 0 N–H and O–H groups in total. The van der Waals surface area contributed by atoms with Crippen LogP contribution in [0.25, 0.3) is 0 Å². The van der Waals surface area contributed by atoms with Crippen LogP contribution in [0.4, 0.5) is 0 Å². The number of ether oxygens (including phenoxy) is 1. The molecule has 0 amide bonds. The van der Waals surface area contributed by atoms with Gasteiger partial charge in [0.2, 0.25) is 0 Å². The first-order valence-electron chi connectivity index (χ1n) is 4.67. The Morgan fingerprint density at radius 1 is 1.41 bits per heavy atom. The van der Waals surface area contributed by atoms with Crippen LogP contribution in [0.3, 0.4) is 0 Å². The highest BCUT2D eigenvalue weighted by Gasteiger charge is 2.24. The molecule has 0 atom stereocenters. The lowest BCUT2D eigenvalue weighted by molar-refractivity contribution is 0.0373. The largest absolute Gasteiger partial charge is 0.459 e. The van der Waals surface area contributed by atoms with Gasteiger partial charge in [-0.3, -0.25) is 0 Å². The smallest absolute Gasteiger partial charge is 0.339 e. The van der Waals surface area contributed by atoms with E-state index in [-0.39, 0.29) is 21.0 Å². The fourth-order valence-electron chi connectivity index (χ4n) is 1.19. The Balaban J connectivity index is 3.35. The molecule has 0 radical (unpaired) electrons. The van der Waals surface area contributed by atoms with Crippen LogP contribution in [0, 0.1) is 0 Å². The molecule has 0 saturated carbocycles. The summed E-state index contributed by atoms with van der Waals surface area (Å²) in [5.74, 6) is -0.722. The molecular weight excluding hydrogens is 332 g/mol. The van der Waals surface area contributed by atoms with Crippen LogP contribution in [0.1, 0.15) is 24.2 Å². The standard InChI is InChI=1S/C10H10BrClO4S/c1-6(2)16-10(13)7-4-3-5-8(11)9(7)17(12,14)15/h3-6H,1-2H3. The predicted molar refractivity (Wildman–Crippen MR) is 67.7 cm³/mol. The number of hydrogen-bond acceptors (Lipinski definition) is 4. The molecule has 94 valence electrons. The maximum absolute atomic E-state index is 11.7. The van der Waals surface area contributed by atoms with Crippen LogP contribution in [-0.4, -0.2) is 20.5 Å². The third-order valence-corrected chi connectivity index (χ3v) is 4.09. The number of hydrogen-bond donors (Lipinski definition) is 0. The summed E-state index contributed by atoms with van der Waals surface area (Å²) >= 11 is 3.05. The highest BCUT2D eigenvalue weighted by atomic mass is 79.9. The minimum absolute atomic E-state index is 0.0805. The molecule has 1 rings (SSSR count). The Bertz CT molecular complexity index is 539. The van der Waals surface area contributed by atoms with Crippen molar-refractivity contribution in [2.24, 2.45) is 0 Å². The van der Waals surface area contributed by atoms with Crippen molar-refractivity contribution in [3.8, 4) is 0 Å². The first-order valence-corrected chi connectivity index (χ1v) is 7.78. The summed E-state index contributed by atoms with van der Waals surface area (Å²) in [5.41, 5.74) is -0.0805. The van der Waals surface area contributed by atoms with Gasteiger partial charge in [0.1, 0.15) is 4.90 Å². The normalized spacial score (nSPS) is 11.6. The zero-order valence-electron chi connectivity index (χ0n) is 9.11. The maximum atomic E-state index is 11.7. The Kier molecular flexibility index (Phi) is 4.57. The monoisotopic (exact) mass is 340 g/mol. The number of rotatable bonds is 3. The average molecular weight is 342 g/mol. The van der Waals surface area contributed by atoms with E-state index in [2.05, 4.69) is 15.9 Å². The number of carbonyl (C=O) groups is 1. The molecule has 0 heterocycles. The van der Waals surface area contributed by atoms with Gasteiger partial charge in [0, 0.05) is 15.2 Å². The molecule has 0 aliphatic rings. The van der Waals surface area contributed by atoms with E-state index >= 15 is 0 Å². The van der Waals surface area contributed by atoms with Gasteiger partial charge in [-0.1, -0.05) is 6.07 Å². The molecule has 4 nitrogen and oxygen atoms in total. The van der Waals surface area contributed by atoms with E-state index in [1.165, 1.54) is 18.2 Å². The van der Waals surface area contributed by atoms with E-state index < -0.39 is 15.0 Å². The van der Waals surface area contributed by atoms with E-state index in [9.17, 15) is 13.2 Å². The average Bonchev–Trinajstić information content (AvgIpc) is 2.14. The molecular formula is C10H10BrClO4S. The summed E-state index contributed by atoms with van der Waals surface area (Å²) < 4.78 is 28.0. The van der Waals surface area contributed by atoms with Crippen LogP contribution >= 0.6 is 26.6 Å². The first kappa shape index (κ1) is 14.5. The number of benzene rings is 1. The lowest BCUT2D eigenvalue weighted by Crippen LogP contribution is -2.14. The molecule has 0 aromatic heterocycles. The second-order valence-electron chi connectivity index (χ2n) is 3.51. The lowest BCUT2D eigenvalue weighted by atomic mass is 10.2. The quantitative estimate of drug-likeness (QED) is 0.626. The van der Waals surface area contributed by atoms with Crippen molar-refractivity contribution in [2.75, 3.05) is 0 Å². The first-order chi connectivity index (χ1) is 7.73. The minimum atomic E-state index is -4.02. The summed E-state index contributed by atoms with van der Waals surface area (Å²) in [5, 5.41) is 0. The highest BCUT2D eigenvalue weighted by molar-refractivity contribution is 9.10. The fraction of sp³-hybridized carbons (Fsp3) is 0.300. The van der Waals surface area contributed by atoms with E-state index in [4.69, 9.17) is 15.4 Å². The molecule has 7 heteroatoms. The van der Waals surface area contributed by atoms with Gasteiger partial charge in [-0.25, -0.2) is 13.2 Å². The second kappa shape index (κ2) is 5.37. The molecule has 0 bridgehead atoms. The maximum Gasteiger partial charge on any atom is 0.339 e. The zero-order chi connectivity index (χ0) is 13.2. The molecule has 1 aromatic rings. The van der Waals surface area contributed by atoms with E-state index in [0.717, 1.165) is 0 Å². The predicted octanol–water partition coefficient (Wildman–Crippen LogP) is 2.94. The van der Waals surface area contributed by atoms with E-state index in [0.29, 0.717) is 0 Å². The van der Waals surface area contributed by atoms with Gasteiger partial charge in [-0.05, 0) is 41.9 Å². The van der Waals surface area contributed by atoms with Crippen molar-refractivity contribution >= 4 is 41.6 Å². The van der Waals surface area contributed by atoms with Crippen molar-refractivity contribution in [3.05, 3.63) is 28.2 Å². The van der Waals surface area contributed by atoms with Gasteiger partial charge in [0.25, 0.3) is 9.05 Å². The minimum Gasteiger partial charge on any atom is -0.459 e. The molecule has 1 aromatic carbocycles. The van der Waals surface area contributed by atoms with Crippen molar-refractivity contribution in [3.63, 3.8) is 0 Å². The number of halogens is 2. The van der Waals surface area contributed by atoms with Gasteiger partial charge < -0.3 is 4.74 Å². The van der Waals surface area contributed by atoms with Crippen LogP contribution in [0.2, 0.25) is 0 Å². The van der Waals surface area contributed by atoms with E-state index in [1.54, 1.807) is 13.8 Å². The molecule has 0 unspecified atom stereocenters. The topological polar surface area (TPSA) is 60.4 Å². The summed E-state index contributed by atoms with van der Waals surface area (Å²) in [6.45, 7) is 3.34. The Labute approximate surface area is 112 Å². The molecule has 0 spiro atoms. The van der Waals surface area contributed by atoms with Crippen molar-refractivity contribution < 1.29 is 17.9 Å². The van der Waals surface area contributed by atoms with Gasteiger partial charge in [-0.15, -0.1) is 0 Å². The zero-order valence-corrected chi connectivity index (χ0v) is 12.3. The molecule has 0 aliphatic heterocycles. The lowest BCUT2D eigenvalue weighted by Gasteiger charge is -2.11. The van der Waals surface area contributed by atoms with Crippen molar-refractivity contribution in [1.29, 1.82) is 0 Å². The van der Waals surface area contributed by atoms with Gasteiger partial charge in [0.15, 0.2) is 0 Å². The molecule has 0 fully saturated rings. The Morgan fingerprint density at radius 3 is 2.47 bits per heavy atom. The third-order valence-electron chi connectivity index (χ3n) is 1.77. The van der Waals surface area contributed by atoms with Crippen LogP contribution < -0.4 is 0 Å². The molecule has 17 heavy (non-hydrogen) atoms. The third kappa shape index (κ3) is 3.69. The fourth-order valence-corrected chi connectivity index (χ4v) is 3.69. The SMILES string of the molecule is CC(C)OC(=O)c1cccc(Br)c1S(=O)(=O)Cl. The van der Waals surface area contributed by atoms with Crippen LogP contribution in [0.5, 0.6) is 0 Å². The summed E-state index contributed by atoms with van der Waals surface area (Å²) in [6, 6.07) is 4.37. The van der Waals surface area contributed by atoms with Crippen LogP contribution in [0.15, 0.2) is 27.6 Å². The van der Waals surface area contributed by atoms with Gasteiger partial charge in [0.05, 0.1) is 11.7 Å². The van der Waals surface area contributed by atoms with Gasteiger partial charge in [-0.2, -0.15) is 0 Å². The summed E-state index contributed by atoms with van der Waals surface area (Å²) in [7, 11) is 1.26. The number of esters is 1. The molecule has 0 saturated heterocycles. The van der Waals surface area contributed by atoms with Crippen molar-refractivity contribution in [2.45, 2.75) is 24.8 Å². The Hall–Kier alpha value is -0.590. The summed E-state index contributed by atoms with van der Waals surface area (Å²) in [4.78, 5) is 11.4. The number of carbonyl (C=O) groups excluding carboxylic acids is 1. The highest BCUT2D eigenvalue weighted by Crippen LogP contribution is 2.29. The van der Waals surface area contributed by atoms with Crippen LogP contribution in [-0.2, 0) is 13.8 Å². The molecule has 0 aliphatic carbocycles. The summed E-state index contributed by atoms with van der Waals surface area (Å²) in [6.07, 6.45) is -0.340. The second-order valence-corrected chi connectivity index (χ2v) is 6.87. The van der Waals surface area contributed by atoms with Gasteiger partial charge >= 0.3 is 5.97 Å².